The van der Waals surface area contributed by atoms with Crippen LogP contribution in [-0.2, 0) is 11.3 Å². The zero-order valence-corrected chi connectivity index (χ0v) is 16.4. The number of urea groups is 1. The largest absolute Gasteiger partial charge is 0.338 e. The average Bonchev–Trinajstić information content (AvgIpc) is 2.77. The molecular weight excluding hydrogens is 408 g/mol. The number of hydrogen-bond donors (Lipinski definition) is 1. The van der Waals surface area contributed by atoms with E-state index in [0.29, 0.717) is 37.4 Å². The van der Waals surface area contributed by atoms with Gasteiger partial charge in [0.25, 0.3) is 5.56 Å². The Morgan fingerprint density at radius 1 is 0.935 bits per heavy atom. The summed E-state index contributed by atoms with van der Waals surface area (Å²) in [6.07, 6.45) is 1.27. The van der Waals surface area contributed by atoms with E-state index in [-0.39, 0.29) is 23.9 Å². The van der Waals surface area contributed by atoms with E-state index in [2.05, 4.69) is 10.3 Å². The number of nitrogens with zero attached hydrogens (tertiary/aromatic N) is 4. The molecule has 0 spiro atoms. The molecule has 2 aromatic carbocycles. The van der Waals surface area contributed by atoms with Gasteiger partial charge in [0.1, 0.15) is 18.2 Å². The van der Waals surface area contributed by atoms with E-state index >= 15 is 0 Å². The molecule has 10 heteroatoms. The third-order valence-corrected chi connectivity index (χ3v) is 5.11. The normalized spacial score (nSPS) is 14.0. The molecule has 0 bridgehead atoms. The van der Waals surface area contributed by atoms with Gasteiger partial charge < -0.3 is 15.1 Å². The average molecular weight is 427 g/mol. The molecule has 1 saturated heterocycles. The number of carbonyl (C=O) groups excluding carboxylic acids is 2. The molecule has 0 radical (unpaired) electrons. The fourth-order valence-electron chi connectivity index (χ4n) is 3.38. The van der Waals surface area contributed by atoms with Crippen molar-refractivity contribution in [2.24, 2.45) is 0 Å². The quantitative estimate of drug-likeness (QED) is 0.693. The summed E-state index contributed by atoms with van der Waals surface area (Å²) >= 11 is 0. The van der Waals surface area contributed by atoms with Gasteiger partial charge in [-0.15, -0.1) is 0 Å². The maximum absolute atomic E-state index is 13.5. The van der Waals surface area contributed by atoms with Gasteiger partial charge in [-0.2, -0.15) is 0 Å². The van der Waals surface area contributed by atoms with Crippen molar-refractivity contribution in [2.45, 2.75) is 6.54 Å². The highest BCUT2D eigenvalue weighted by atomic mass is 19.1. The second-order valence-electron chi connectivity index (χ2n) is 7.14. The van der Waals surface area contributed by atoms with Crippen LogP contribution in [0.15, 0.2) is 53.6 Å². The second kappa shape index (κ2) is 8.50. The van der Waals surface area contributed by atoms with Gasteiger partial charge in [-0.1, -0.05) is 0 Å². The molecule has 3 aromatic rings. The molecule has 3 amide bonds. The smallest absolute Gasteiger partial charge is 0.321 e. The Kier molecular flexibility index (Phi) is 5.61. The highest BCUT2D eigenvalue weighted by Gasteiger charge is 2.24. The van der Waals surface area contributed by atoms with E-state index in [1.807, 2.05) is 0 Å². The molecule has 4 rings (SSSR count). The van der Waals surface area contributed by atoms with Gasteiger partial charge in [-0.3, -0.25) is 14.2 Å². The first-order valence-electron chi connectivity index (χ1n) is 9.65. The Morgan fingerprint density at radius 3 is 2.29 bits per heavy atom. The van der Waals surface area contributed by atoms with Crippen LogP contribution in [0.1, 0.15) is 0 Å². The lowest BCUT2D eigenvalue weighted by atomic mass is 10.2. The van der Waals surface area contributed by atoms with Gasteiger partial charge in [0.15, 0.2) is 0 Å². The van der Waals surface area contributed by atoms with Crippen molar-refractivity contribution < 1.29 is 18.4 Å². The number of aromatic nitrogens is 2. The van der Waals surface area contributed by atoms with Gasteiger partial charge in [-0.25, -0.2) is 18.6 Å². The molecule has 160 valence electrons. The van der Waals surface area contributed by atoms with Crippen molar-refractivity contribution in [1.29, 1.82) is 0 Å². The summed E-state index contributed by atoms with van der Waals surface area (Å²) in [5, 5.41) is 2.79. The summed E-state index contributed by atoms with van der Waals surface area (Å²) < 4.78 is 27.6. The lowest BCUT2D eigenvalue weighted by molar-refractivity contribution is -0.133. The Hall–Kier alpha value is -3.82. The minimum absolute atomic E-state index is 0.109. The highest BCUT2D eigenvalue weighted by molar-refractivity contribution is 5.89. The van der Waals surface area contributed by atoms with Crippen molar-refractivity contribution in [3.05, 3.63) is 70.8 Å². The molecule has 1 aromatic heterocycles. The Balaban J connectivity index is 1.36. The van der Waals surface area contributed by atoms with Crippen molar-refractivity contribution in [3.8, 4) is 0 Å². The predicted molar refractivity (Wildman–Crippen MR) is 110 cm³/mol. The van der Waals surface area contributed by atoms with E-state index in [4.69, 9.17) is 0 Å². The molecular formula is C21H19F2N5O3. The lowest BCUT2D eigenvalue weighted by Crippen LogP contribution is -2.52. The first-order valence-corrected chi connectivity index (χ1v) is 9.65. The van der Waals surface area contributed by atoms with E-state index < -0.39 is 17.2 Å². The summed E-state index contributed by atoms with van der Waals surface area (Å²) in [6.45, 7) is 1.02. The van der Waals surface area contributed by atoms with Crippen molar-refractivity contribution in [3.63, 3.8) is 0 Å². The minimum atomic E-state index is -0.550. The predicted octanol–water partition coefficient (Wildman–Crippen LogP) is 2.05. The van der Waals surface area contributed by atoms with E-state index in [1.54, 1.807) is 9.80 Å². The number of carbonyl (C=O) groups is 2. The molecule has 1 N–H and O–H groups in total. The summed E-state index contributed by atoms with van der Waals surface area (Å²) in [5.41, 5.74) is 0.343. The van der Waals surface area contributed by atoms with Crippen molar-refractivity contribution in [1.82, 2.24) is 19.4 Å². The molecule has 0 saturated carbocycles. The highest BCUT2D eigenvalue weighted by Crippen LogP contribution is 2.12. The van der Waals surface area contributed by atoms with Crippen LogP contribution >= 0.6 is 0 Å². The summed E-state index contributed by atoms with van der Waals surface area (Å²) in [5.74, 6) is -1.24. The number of fused-ring (bicyclic) bond motifs is 1. The van der Waals surface area contributed by atoms with Crippen LogP contribution in [-0.4, -0.2) is 57.5 Å². The topological polar surface area (TPSA) is 87.5 Å². The maximum Gasteiger partial charge on any atom is 0.321 e. The Bertz CT molecular complexity index is 1190. The molecule has 1 fully saturated rings. The zero-order valence-electron chi connectivity index (χ0n) is 16.4. The van der Waals surface area contributed by atoms with Gasteiger partial charge in [-0.05, 0) is 42.5 Å². The molecule has 1 aliphatic rings. The number of benzene rings is 2. The SMILES string of the molecule is O=C(Cn1cnc2ccc(F)cc2c1=O)N1CCN(C(=O)Nc2ccc(F)cc2)CC1. The number of nitrogens with one attached hydrogen (secondary N) is 1. The van der Waals surface area contributed by atoms with Crippen LogP contribution in [0.3, 0.4) is 0 Å². The number of piperazine rings is 1. The summed E-state index contributed by atoms with van der Waals surface area (Å²) in [4.78, 5) is 44.7. The lowest BCUT2D eigenvalue weighted by Gasteiger charge is -2.34. The van der Waals surface area contributed by atoms with E-state index in [9.17, 15) is 23.2 Å². The van der Waals surface area contributed by atoms with Crippen LogP contribution in [0.4, 0.5) is 19.3 Å². The molecule has 0 unspecified atom stereocenters. The fraction of sp³-hybridized carbons (Fsp3) is 0.238. The first kappa shape index (κ1) is 20.5. The van der Waals surface area contributed by atoms with Crippen LogP contribution in [0.25, 0.3) is 10.9 Å². The van der Waals surface area contributed by atoms with Gasteiger partial charge in [0.2, 0.25) is 5.91 Å². The molecule has 0 aliphatic carbocycles. The maximum atomic E-state index is 13.5. The standard InChI is InChI=1S/C21H19F2N5O3/c22-14-1-4-16(5-2-14)25-21(31)27-9-7-26(8-10-27)19(29)12-28-13-24-18-6-3-15(23)11-17(18)20(28)30/h1-6,11,13H,7-10,12H2,(H,25,31). The number of rotatable bonds is 3. The van der Waals surface area contributed by atoms with Gasteiger partial charge >= 0.3 is 6.03 Å². The molecule has 1 aliphatic heterocycles. The van der Waals surface area contributed by atoms with Crippen molar-refractivity contribution in [2.75, 3.05) is 31.5 Å². The monoisotopic (exact) mass is 427 g/mol. The minimum Gasteiger partial charge on any atom is -0.338 e. The molecule has 0 atom stereocenters. The van der Waals surface area contributed by atoms with Crippen LogP contribution in [0.5, 0.6) is 0 Å². The van der Waals surface area contributed by atoms with Crippen LogP contribution in [0, 0.1) is 11.6 Å². The Labute approximate surface area is 175 Å². The Morgan fingerprint density at radius 2 is 1.58 bits per heavy atom. The van der Waals surface area contributed by atoms with Crippen LogP contribution in [0.2, 0.25) is 0 Å². The number of hydrogen-bond acceptors (Lipinski definition) is 4. The van der Waals surface area contributed by atoms with E-state index in [1.165, 1.54) is 42.7 Å². The van der Waals surface area contributed by atoms with Crippen LogP contribution < -0.4 is 10.9 Å². The molecule has 31 heavy (non-hydrogen) atoms. The number of amides is 3. The zero-order chi connectivity index (χ0) is 22.0. The van der Waals surface area contributed by atoms with Gasteiger partial charge in [0.05, 0.1) is 17.2 Å². The summed E-state index contributed by atoms with van der Waals surface area (Å²) in [7, 11) is 0. The fourth-order valence-corrected chi connectivity index (χ4v) is 3.38. The third kappa shape index (κ3) is 4.52. The second-order valence-corrected chi connectivity index (χ2v) is 7.14. The third-order valence-electron chi connectivity index (χ3n) is 5.11. The first-order chi connectivity index (χ1) is 14.9. The molecule has 2 heterocycles. The molecule has 8 nitrogen and oxygen atoms in total. The van der Waals surface area contributed by atoms with E-state index in [0.717, 1.165) is 10.6 Å². The number of halogens is 2. The van der Waals surface area contributed by atoms with Crippen molar-refractivity contribution >= 4 is 28.5 Å². The summed E-state index contributed by atoms with van der Waals surface area (Å²) in [6, 6.07) is 8.83. The number of anilines is 1. The van der Waals surface area contributed by atoms with Gasteiger partial charge in [0, 0.05) is 31.9 Å².